The molecule has 0 N–H and O–H groups in total. The van der Waals surface area contributed by atoms with Gasteiger partial charge in [-0.1, -0.05) is 23.4 Å². The van der Waals surface area contributed by atoms with E-state index in [1.54, 1.807) is 12.1 Å². The van der Waals surface area contributed by atoms with Crippen LogP contribution < -0.4 is 14.2 Å². The zero-order valence-corrected chi connectivity index (χ0v) is 19.6. The predicted octanol–water partition coefficient (Wildman–Crippen LogP) is 4.76. The number of methoxy groups -OCH3 is 2. The third-order valence-electron chi connectivity index (χ3n) is 4.61. The summed E-state index contributed by atoms with van der Waals surface area (Å²) in [5.41, 5.74) is 1.36. The summed E-state index contributed by atoms with van der Waals surface area (Å²) in [6, 6.07) is 10.7. The Kier molecular flexibility index (Phi) is 7.81. The molecule has 0 saturated heterocycles. The average molecular weight is 479 g/mol. The summed E-state index contributed by atoms with van der Waals surface area (Å²) < 4.78 is 18.0. The highest BCUT2D eigenvalue weighted by Gasteiger charge is 2.27. The second-order valence-corrected chi connectivity index (χ2v) is 8.22. The summed E-state index contributed by atoms with van der Waals surface area (Å²) >= 11 is 7.67. The van der Waals surface area contributed by atoms with Gasteiger partial charge in [0.05, 0.1) is 20.8 Å². The summed E-state index contributed by atoms with van der Waals surface area (Å²) in [4.78, 5) is 11.1. The van der Waals surface area contributed by atoms with Gasteiger partial charge in [0.1, 0.15) is 16.8 Å². The molecule has 0 saturated carbocycles. The van der Waals surface area contributed by atoms with Gasteiger partial charge in [0, 0.05) is 21.7 Å². The van der Waals surface area contributed by atoms with Crippen LogP contribution in [0.25, 0.3) is 5.69 Å². The smallest absolute Gasteiger partial charge is 0.220 e. The van der Waals surface area contributed by atoms with Gasteiger partial charge >= 0.3 is 0 Å². The highest BCUT2D eigenvalue weighted by molar-refractivity contribution is 7.99. The summed E-state index contributed by atoms with van der Waals surface area (Å²) in [5, 5.41) is 20.1. The first-order valence-electron chi connectivity index (χ1n) is 9.73. The number of halogens is 1. The summed E-state index contributed by atoms with van der Waals surface area (Å²) in [7, 11) is 3.00. The van der Waals surface area contributed by atoms with Crippen LogP contribution in [0.15, 0.2) is 41.6 Å². The fourth-order valence-electron chi connectivity index (χ4n) is 3.15. The van der Waals surface area contributed by atoms with Gasteiger partial charge < -0.3 is 14.2 Å². The first-order valence-corrected chi connectivity index (χ1v) is 11.0. The van der Waals surface area contributed by atoms with E-state index in [9.17, 15) is 10.1 Å². The Bertz CT molecular complexity index is 1090. The van der Waals surface area contributed by atoms with Gasteiger partial charge in [-0.15, -0.1) is 10.2 Å². The average Bonchev–Trinajstić information content (AvgIpc) is 3.13. The number of aryl methyl sites for hydroxylation is 1. The molecule has 0 aliphatic rings. The van der Waals surface area contributed by atoms with Gasteiger partial charge in [0.15, 0.2) is 16.7 Å². The lowest BCUT2D eigenvalue weighted by atomic mass is 10.1. The van der Waals surface area contributed by atoms with E-state index in [1.807, 2.05) is 42.7 Å². The Morgan fingerprint density at radius 3 is 2.41 bits per heavy atom. The minimum atomic E-state index is -0.637. The van der Waals surface area contributed by atoms with E-state index in [0.717, 1.165) is 11.4 Å². The highest BCUT2D eigenvalue weighted by Crippen LogP contribution is 2.43. The van der Waals surface area contributed by atoms with Crippen LogP contribution in [0.3, 0.4) is 0 Å². The van der Waals surface area contributed by atoms with Crippen molar-refractivity contribution in [2.75, 3.05) is 27.4 Å². The molecule has 11 heteroatoms. The topological polar surface area (TPSA) is 102 Å². The normalized spacial score (nSPS) is 11.8. The largest absolute Gasteiger partial charge is 0.494 e. The van der Waals surface area contributed by atoms with Gasteiger partial charge in [-0.25, -0.2) is 0 Å². The predicted molar refractivity (Wildman–Crippen MR) is 122 cm³/mol. The SMILES string of the molecule is CCOc1ccc(-n2c(C)nnc2S[C@@H](C[N+](=O)[O-])c2cc(OC)c(OC)cc2Cl)cc1. The van der Waals surface area contributed by atoms with E-state index in [0.29, 0.717) is 39.7 Å². The molecule has 3 aromatic rings. The highest BCUT2D eigenvalue weighted by atomic mass is 35.5. The van der Waals surface area contributed by atoms with E-state index in [2.05, 4.69) is 10.2 Å². The lowest BCUT2D eigenvalue weighted by Crippen LogP contribution is -2.12. The molecule has 0 fully saturated rings. The Balaban J connectivity index is 2.00. The maximum atomic E-state index is 11.5. The van der Waals surface area contributed by atoms with E-state index in [4.69, 9.17) is 25.8 Å². The lowest BCUT2D eigenvalue weighted by molar-refractivity contribution is -0.479. The number of benzene rings is 2. The standard InChI is InChI=1S/C21H23ClN4O5S/c1-5-31-15-8-6-14(7-9-15)26-13(2)23-24-21(26)32-20(12-25(27)28)16-10-18(29-3)19(30-4)11-17(16)22/h6-11,20H,5,12H2,1-4H3/t20-/m0/s1. The third-order valence-corrected chi connectivity index (χ3v) is 6.10. The maximum absolute atomic E-state index is 11.5. The quantitative estimate of drug-likeness (QED) is 0.233. The Morgan fingerprint density at radius 1 is 1.16 bits per heavy atom. The summed E-state index contributed by atoms with van der Waals surface area (Å²) in [5.74, 6) is 2.28. The molecule has 0 spiro atoms. The lowest BCUT2D eigenvalue weighted by Gasteiger charge is -2.18. The van der Waals surface area contributed by atoms with Crippen LogP contribution in [0.1, 0.15) is 23.6 Å². The van der Waals surface area contributed by atoms with Gasteiger partial charge in [-0.05, 0) is 49.7 Å². The Labute approximate surface area is 194 Å². The molecule has 3 rings (SSSR count). The Morgan fingerprint density at radius 2 is 1.81 bits per heavy atom. The van der Waals surface area contributed by atoms with Crippen LogP contribution in [0.5, 0.6) is 17.2 Å². The molecule has 2 aromatic carbocycles. The van der Waals surface area contributed by atoms with Gasteiger partial charge in [0.2, 0.25) is 6.54 Å². The number of hydrogen-bond acceptors (Lipinski definition) is 8. The van der Waals surface area contributed by atoms with Crippen molar-refractivity contribution < 1.29 is 19.1 Å². The van der Waals surface area contributed by atoms with Crippen molar-refractivity contribution in [1.82, 2.24) is 14.8 Å². The molecule has 9 nitrogen and oxygen atoms in total. The molecule has 1 aromatic heterocycles. The summed E-state index contributed by atoms with van der Waals surface area (Å²) in [6.07, 6.45) is 0. The number of nitrogens with zero attached hydrogens (tertiary/aromatic N) is 4. The third kappa shape index (κ3) is 5.25. The van der Waals surface area contributed by atoms with Crippen molar-refractivity contribution >= 4 is 23.4 Å². The molecule has 0 amide bonds. The number of aromatic nitrogens is 3. The number of hydrogen-bond donors (Lipinski definition) is 0. The molecule has 32 heavy (non-hydrogen) atoms. The fraction of sp³-hybridized carbons (Fsp3) is 0.333. The zero-order chi connectivity index (χ0) is 23.3. The fourth-order valence-corrected chi connectivity index (χ4v) is 4.71. The molecule has 0 bridgehead atoms. The minimum absolute atomic E-state index is 0.339. The first-order chi connectivity index (χ1) is 15.4. The Hall–Kier alpha value is -2.98. The van der Waals surface area contributed by atoms with Crippen molar-refractivity contribution in [1.29, 1.82) is 0 Å². The molecule has 0 radical (unpaired) electrons. The molecular formula is C21H23ClN4O5S. The monoisotopic (exact) mass is 478 g/mol. The molecule has 0 aliphatic carbocycles. The first kappa shape index (κ1) is 23.7. The number of thioether (sulfide) groups is 1. The molecule has 1 atom stereocenters. The summed E-state index contributed by atoms with van der Waals surface area (Å²) in [6.45, 7) is 3.94. The molecule has 0 unspecified atom stereocenters. The van der Waals surface area contributed by atoms with E-state index in [-0.39, 0.29) is 11.5 Å². The van der Waals surface area contributed by atoms with Crippen LogP contribution in [0, 0.1) is 17.0 Å². The van der Waals surface area contributed by atoms with Gasteiger partial charge in [0.25, 0.3) is 0 Å². The second-order valence-electron chi connectivity index (χ2n) is 6.64. The van der Waals surface area contributed by atoms with Crippen LogP contribution in [0.4, 0.5) is 0 Å². The van der Waals surface area contributed by atoms with Gasteiger partial charge in [-0.3, -0.25) is 14.7 Å². The van der Waals surface area contributed by atoms with Crippen molar-refractivity contribution in [2.24, 2.45) is 0 Å². The van der Waals surface area contributed by atoms with Gasteiger partial charge in [-0.2, -0.15) is 0 Å². The molecule has 170 valence electrons. The van der Waals surface area contributed by atoms with Crippen LogP contribution in [-0.4, -0.2) is 47.1 Å². The zero-order valence-electron chi connectivity index (χ0n) is 18.1. The van der Waals surface area contributed by atoms with Crippen LogP contribution >= 0.6 is 23.4 Å². The molecule has 1 heterocycles. The van der Waals surface area contributed by atoms with Crippen molar-refractivity contribution in [2.45, 2.75) is 24.3 Å². The van der Waals surface area contributed by atoms with Crippen molar-refractivity contribution in [3.63, 3.8) is 0 Å². The van der Waals surface area contributed by atoms with E-state index >= 15 is 0 Å². The minimum Gasteiger partial charge on any atom is -0.494 e. The number of ether oxygens (including phenoxy) is 3. The van der Waals surface area contributed by atoms with Crippen LogP contribution in [-0.2, 0) is 0 Å². The van der Waals surface area contributed by atoms with Crippen molar-refractivity contribution in [3.8, 4) is 22.9 Å². The van der Waals surface area contributed by atoms with E-state index in [1.165, 1.54) is 26.0 Å². The maximum Gasteiger partial charge on any atom is 0.220 e. The second kappa shape index (κ2) is 10.6. The number of rotatable bonds is 10. The van der Waals surface area contributed by atoms with Crippen molar-refractivity contribution in [3.05, 3.63) is 62.9 Å². The van der Waals surface area contributed by atoms with Crippen LogP contribution in [0.2, 0.25) is 5.02 Å². The molecule has 0 aliphatic heterocycles. The molecular weight excluding hydrogens is 456 g/mol. The number of nitro groups is 1. The van der Waals surface area contributed by atoms with E-state index < -0.39 is 5.25 Å².